The number of piperazine rings is 1. The molecule has 0 saturated carbocycles. The van der Waals surface area contributed by atoms with Gasteiger partial charge in [0, 0.05) is 25.2 Å². The van der Waals surface area contributed by atoms with Crippen LogP contribution in [-0.4, -0.2) is 44.3 Å². The van der Waals surface area contributed by atoms with Gasteiger partial charge in [0.05, 0.1) is 6.04 Å². The summed E-state index contributed by atoms with van der Waals surface area (Å²) in [4.78, 5) is 2.00. The minimum atomic E-state index is -3.49. The van der Waals surface area contributed by atoms with Crippen LogP contribution in [0.25, 0.3) is 0 Å². The third kappa shape index (κ3) is 2.81. The first-order valence-electron chi connectivity index (χ1n) is 6.98. The molecule has 7 heteroatoms. The Hall–Kier alpha value is -1.28. The molecular formula is C15H17FN2O2S2. The zero-order valence-electron chi connectivity index (χ0n) is 12.1. The number of sulfonamides is 1. The maximum atomic E-state index is 14.1. The Kier molecular flexibility index (Phi) is 4.31. The summed E-state index contributed by atoms with van der Waals surface area (Å²) < 4.78 is 41.1. The summed E-state index contributed by atoms with van der Waals surface area (Å²) in [7, 11) is -1.60. The number of nitrogens with zero attached hydrogens (tertiary/aromatic N) is 2. The van der Waals surface area contributed by atoms with Gasteiger partial charge < -0.3 is 0 Å². The van der Waals surface area contributed by atoms with Crippen LogP contribution in [0.4, 0.5) is 4.39 Å². The summed E-state index contributed by atoms with van der Waals surface area (Å²) in [6, 6.07) is 9.61. The lowest BCUT2D eigenvalue weighted by atomic mass is 10.0. The maximum absolute atomic E-state index is 14.1. The van der Waals surface area contributed by atoms with E-state index in [9.17, 15) is 12.8 Å². The Bertz CT molecular complexity index is 747. The molecule has 1 aromatic heterocycles. The van der Waals surface area contributed by atoms with E-state index in [1.807, 2.05) is 11.9 Å². The Morgan fingerprint density at radius 3 is 2.64 bits per heavy atom. The second kappa shape index (κ2) is 6.08. The van der Waals surface area contributed by atoms with Gasteiger partial charge in [-0.2, -0.15) is 4.31 Å². The molecule has 0 bridgehead atoms. The molecule has 1 aliphatic rings. The van der Waals surface area contributed by atoms with Crippen LogP contribution in [-0.2, 0) is 10.0 Å². The van der Waals surface area contributed by atoms with E-state index in [1.165, 1.54) is 21.7 Å². The van der Waals surface area contributed by atoms with Crippen LogP contribution in [0.2, 0.25) is 0 Å². The van der Waals surface area contributed by atoms with Crippen LogP contribution >= 0.6 is 11.3 Å². The molecule has 0 aliphatic carbocycles. The van der Waals surface area contributed by atoms with E-state index in [1.54, 1.807) is 35.7 Å². The first-order valence-corrected chi connectivity index (χ1v) is 9.30. The van der Waals surface area contributed by atoms with Gasteiger partial charge in [0.2, 0.25) is 0 Å². The first-order chi connectivity index (χ1) is 10.5. The van der Waals surface area contributed by atoms with E-state index in [0.29, 0.717) is 22.9 Å². The van der Waals surface area contributed by atoms with Crippen molar-refractivity contribution in [2.24, 2.45) is 0 Å². The predicted molar refractivity (Wildman–Crippen MR) is 84.8 cm³/mol. The van der Waals surface area contributed by atoms with Crippen LogP contribution in [0, 0.1) is 5.82 Å². The van der Waals surface area contributed by atoms with E-state index < -0.39 is 10.0 Å². The minimum Gasteiger partial charge on any atom is -0.297 e. The van der Waals surface area contributed by atoms with Crippen molar-refractivity contribution in [1.29, 1.82) is 0 Å². The quantitative estimate of drug-likeness (QED) is 0.862. The van der Waals surface area contributed by atoms with Crippen molar-refractivity contribution in [3.63, 3.8) is 0 Å². The van der Waals surface area contributed by atoms with Gasteiger partial charge in [-0.05, 0) is 24.6 Å². The molecular weight excluding hydrogens is 323 g/mol. The maximum Gasteiger partial charge on any atom is 0.252 e. The van der Waals surface area contributed by atoms with Crippen molar-refractivity contribution < 1.29 is 12.8 Å². The Labute approximate surface area is 133 Å². The van der Waals surface area contributed by atoms with Crippen molar-refractivity contribution in [3.05, 3.63) is 53.2 Å². The van der Waals surface area contributed by atoms with Gasteiger partial charge in [0.15, 0.2) is 0 Å². The molecule has 0 amide bonds. The molecule has 1 aliphatic heterocycles. The fraction of sp³-hybridized carbons (Fsp3) is 0.333. The van der Waals surface area contributed by atoms with E-state index in [4.69, 9.17) is 0 Å². The highest BCUT2D eigenvalue weighted by atomic mass is 32.2. The lowest BCUT2D eigenvalue weighted by molar-refractivity contribution is 0.145. The van der Waals surface area contributed by atoms with Gasteiger partial charge >= 0.3 is 0 Å². The average molecular weight is 340 g/mol. The molecule has 1 unspecified atom stereocenters. The standard InChI is InChI=1S/C15H17FN2O2S2/c1-17-8-9-18(22(19,20)15-7-4-10-21-15)11-14(17)12-5-2-3-6-13(12)16/h2-7,10,14H,8-9,11H2,1H3. The van der Waals surface area contributed by atoms with Crippen molar-refractivity contribution in [2.75, 3.05) is 26.7 Å². The summed E-state index contributed by atoms with van der Waals surface area (Å²) in [6.45, 7) is 1.25. The summed E-state index contributed by atoms with van der Waals surface area (Å²) >= 11 is 1.21. The fourth-order valence-electron chi connectivity index (χ4n) is 2.69. The highest BCUT2D eigenvalue weighted by Crippen LogP contribution is 2.30. The SMILES string of the molecule is CN1CCN(S(=O)(=O)c2cccs2)CC1c1ccccc1F. The smallest absolute Gasteiger partial charge is 0.252 e. The normalized spacial score (nSPS) is 21.1. The molecule has 1 fully saturated rings. The summed E-state index contributed by atoms with van der Waals surface area (Å²) in [6.07, 6.45) is 0. The highest BCUT2D eigenvalue weighted by molar-refractivity contribution is 7.91. The molecule has 1 atom stereocenters. The average Bonchev–Trinajstić information content (AvgIpc) is 3.03. The third-order valence-corrected chi connectivity index (χ3v) is 7.20. The molecule has 22 heavy (non-hydrogen) atoms. The lowest BCUT2D eigenvalue weighted by Crippen LogP contribution is -2.48. The molecule has 2 heterocycles. The minimum absolute atomic E-state index is 0.262. The van der Waals surface area contributed by atoms with E-state index in [-0.39, 0.29) is 18.4 Å². The van der Waals surface area contributed by atoms with Gasteiger partial charge in [-0.25, -0.2) is 12.8 Å². The zero-order chi connectivity index (χ0) is 15.7. The predicted octanol–water partition coefficient (Wildman–Crippen LogP) is 2.56. The van der Waals surface area contributed by atoms with Crippen molar-refractivity contribution in [3.8, 4) is 0 Å². The van der Waals surface area contributed by atoms with E-state index >= 15 is 0 Å². The first kappa shape index (κ1) is 15.6. The van der Waals surface area contributed by atoms with Crippen LogP contribution in [0.5, 0.6) is 0 Å². The van der Waals surface area contributed by atoms with Crippen LogP contribution in [0.15, 0.2) is 46.0 Å². The lowest BCUT2D eigenvalue weighted by Gasteiger charge is -2.38. The number of hydrogen-bond acceptors (Lipinski definition) is 4. The van der Waals surface area contributed by atoms with Crippen LogP contribution in [0.1, 0.15) is 11.6 Å². The molecule has 3 rings (SSSR count). The Morgan fingerprint density at radius 1 is 1.18 bits per heavy atom. The molecule has 0 N–H and O–H groups in total. The molecule has 0 radical (unpaired) electrons. The molecule has 0 spiro atoms. The third-order valence-electron chi connectivity index (χ3n) is 3.96. The monoisotopic (exact) mass is 340 g/mol. The van der Waals surface area contributed by atoms with Gasteiger partial charge in [-0.1, -0.05) is 24.3 Å². The number of benzene rings is 1. The zero-order valence-corrected chi connectivity index (χ0v) is 13.8. The fourth-order valence-corrected chi connectivity index (χ4v) is 5.27. The largest absolute Gasteiger partial charge is 0.297 e. The topological polar surface area (TPSA) is 40.6 Å². The molecule has 4 nitrogen and oxygen atoms in total. The summed E-state index contributed by atoms with van der Waals surface area (Å²) in [5, 5.41) is 1.75. The Morgan fingerprint density at radius 2 is 1.95 bits per heavy atom. The second-order valence-corrected chi connectivity index (χ2v) is 8.43. The highest BCUT2D eigenvalue weighted by Gasteiger charge is 2.34. The van der Waals surface area contributed by atoms with E-state index in [0.717, 1.165) is 0 Å². The molecule has 1 saturated heterocycles. The van der Waals surface area contributed by atoms with Crippen LogP contribution in [0.3, 0.4) is 0 Å². The van der Waals surface area contributed by atoms with Crippen LogP contribution < -0.4 is 0 Å². The van der Waals surface area contributed by atoms with E-state index in [2.05, 4.69) is 0 Å². The number of rotatable bonds is 3. The number of hydrogen-bond donors (Lipinski definition) is 0. The number of thiophene rings is 1. The van der Waals surface area contributed by atoms with Gasteiger partial charge in [0.1, 0.15) is 10.0 Å². The summed E-state index contributed by atoms with van der Waals surface area (Å²) in [5.41, 5.74) is 0.538. The van der Waals surface area contributed by atoms with Crippen molar-refractivity contribution in [2.45, 2.75) is 10.3 Å². The number of halogens is 1. The van der Waals surface area contributed by atoms with Crippen molar-refractivity contribution >= 4 is 21.4 Å². The summed E-state index contributed by atoms with van der Waals surface area (Å²) in [5.74, 6) is -0.297. The van der Waals surface area contributed by atoms with Crippen molar-refractivity contribution in [1.82, 2.24) is 9.21 Å². The van der Waals surface area contributed by atoms with Gasteiger partial charge in [0.25, 0.3) is 10.0 Å². The molecule has 1 aromatic carbocycles. The number of likely N-dealkylation sites (N-methyl/N-ethyl adjacent to an activating group) is 1. The van der Waals surface area contributed by atoms with Gasteiger partial charge in [-0.3, -0.25) is 4.90 Å². The van der Waals surface area contributed by atoms with Gasteiger partial charge in [-0.15, -0.1) is 11.3 Å². The Balaban J connectivity index is 1.90. The molecule has 118 valence electrons. The second-order valence-electron chi connectivity index (χ2n) is 5.31. The molecule has 2 aromatic rings.